The van der Waals surface area contributed by atoms with Gasteiger partial charge in [-0.2, -0.15) is 9.78 Å². The summed E-state index contributed by atoms with van der Waals surface area (Å²) in [6.07, 6.45) is 2.59. The van der Waals surface area contributed by atoms with Gasteiger partial charge in [-0.25, -0.2) is 19.6 Å². The Bertz CT molecular complexity index is 1070. The number of carbonyl (C=O) groups is 1. The van der Waals surface area contributed by atoms with Crippen LogP contribution in [0.3, 0.4) is 0 Å². The van der Waals surface area contributed by atoms with Crippen molar-refractivity contribution in [2.75, 3.05) is 0 Å². The molecule has 8 heteroatoms. The number of carboxylic acids is 1. The molecule has 0 aliphatic rings. The second kappa shape index (κ2) is 15.6. The first-order chi connectivity index (χ1) is 19.9. The van der Waals surface area contributed by atoms with Gasteiger partial charge in [-0.05, 0) is 86.3 Å². The van der Waals surface area contributed by atoms with Crippen LogP contribution in [0.1, 0.15) is 119 Å². The average molecular weight is 603 g/mol. The van der Waals surface area contributed by atoms with Crippen molar-refractivity contribution in [1.29, 1.82) is 0 Å². The lowest BCUT2D eigenvalue weighted by Gasteiger charge is -2.39. The van der Waals surface area contributed by atoms with Gasteiger partial charge in [0.25, 0.3) is 0 Å². The summed E-state index contributed by atoms with van der Waals surface area (Å²) in [6, 6.07) is 19.6. The summed E-state index contributed by atoms with van der Waals surface area (Å²) < 4.78 is 0. The molecule has 0 bridgehead atoms. The Kier molecular flexibility index (Phi) is 13.4. The Hall–Kier alpha value is -2.33. The van der Waals surface area contributed by atoms with E-state index in [9.17, 15) is 9.90 Å². The molecule has 0 aliphatic heterocycles. The lowest BCUT2D eigenvalue weighted by Crippen LogP contribution is -2.45. The van der Waals surface area contributed by atoms with Crippen LogP contribution in [0.15, 0.2) is 60.7 Å². The Labute approximate surface area is 258 Å². The quantitative estimate of drug-likeness (QED) is 0.103. The summed E-state index contributed by atoms with van der Waals surface area (Å²) in [7, 11) is 0. The van der Waals surface area contributed by atoms with Crippen molar-refractivity contribution in [1.82, 2.24) is 0 Å². The summed E-state index contributed by atoms with van der Waals surface area (Å²) in [6.45, 7) is 19.0. The lowest BCUT2D eigenvalue weighted by molar-refractivity contribution is -0.546. The SMILES string of the molecule is CCCCC(CC(CCC(C)(OOC(C)(C)c1ccccc1)c1ccccc1)(OOC(C)(C)C)OOC(C)(C)C)C(=O)O. The normalized spacial score (nSPS) is 15.2. The zero-order chi connectivity index (χ0) is 32.4. The molecule has 0 aromatic heterocycles. The van der Waals surface area contributed by atoms with Gasteiger partial charge in [0.1, 0.15) is 11.2 Å². The van der Waals surface area contributed by atoms with Crippen LogP contribution in [-0.2, 0) is 45.3 Å². The van der Waals surface area contributed by atoms with Crippen LogP contribution in [0.25, 0.3) is 0 Å². The lowest BCUT2D eigenvalue weighted by atomic mass is 9.85. The number of unbranched alkanes of at least 4 members (excludes halogenated alkanes) is 1. The number of benzene rings is 2. The van der Waals surface area contributed by atoms with Gasteiger partial charge >= 0.3 is 5.97 Å². The number of carboxylic acid groups (broad SMARTS) is 1. The van der Waals surface area contributed by atoms with Gasteiger partial charge in [0, 0.05) is 12.8 Å². The maximum absolute atomic E-state index is 12.4. The van der Waals surface area contributed by atoms with Gasteiger partial charge in [0.2, 0.25) is 5.79 Å². The fourth-order valence-electron chi connectivity index (χ4n) is 4.35. The predicted octanol–water partition coefficient (Wildman–Crippen LogP) is 9.04. The zero-order valence-electron chi connectivity index (χ0n) is 27.9. The fraction of sp³-hybridized carbons (Fsp3) is 0.629. The molecule has 1 N–H and O–H groups in total. The fourth-order valence-corrected chi connectivity index (χ4v) is 4.35. The van der Waals surface area contributed by atoms with Crippen molar-refractivity contribution in [3.05, 3.63) is 71.8 Å². The molecule has 0 fully saturated rings. The molecule has 2 rings (SSSR count). The summed E-state index contributed by atoms with van der Waals surface area (Å²) in [5.74, 6) is -3.23. The molecule has 0 aliphatic carbocycles. The third kappa shape index (κ3) is 12.7. The molecule has 0 heterocycles. The van der Waals surface area contributed by atoms with E-state index in [4.69, 9.17) is 29.3 Å². The smallest absolute Gasteiger partial charge is 0.306 e. The molecule has 242 valence electrons. The van der Waals surface area contributed by atoms with E-state index >= 15 is 0 Å². The van der Waals surface area contributed by atoms with Crippen molar-refractivity contribution >= 4 is 5.97 Å². The topological polar surface area (TPSA) is 92.7 Å². The monoisotopic (exact) mass is 602 g/mol. The van der Waals surface area contributed by atoms with Gasteiger partial charge < -0.3 is 5.11 Å². The number of rotatable bonds is 18. The van der Waals surface area contributed by atoms with Gasteiger partial charge in [-0.3, -0.25) is 4.79 Å². The van der Waals surface area contributed by atoms with E-state index in [1.54, 1.807) is 0 Å². The third-order valence-corrected chi connectivity index (χ3v) is 6.97. The van der Waals surface area contributed by atoms with Crippen LogP contribution in [0.5, 0.6) is 0 Å². The van der Waals surface area contributed by atoms with Gasteiger partial charge in [-0.1, -0.05) is 80.4 Å². The van der Waals surface area contributed by atoms with E-state index in [0.717, 1.165) is 24.0 Å². The molecule has 2 aromatic carbocycles. The van der Waals surface area contributed by atoms with Crippen molar-refractivity contribution in [2.24, 2.45) is 5.92 Å². The van der Waals surface area contributed by atoms with Crippen LogP contribution in [0.4, 0.5) is 0 Å². The summed E-state index contributed by atoms with van der Waals surface area (Å²) >= 11 is 0. The summed E-state index contributed by atoms with van der Waals surface area (Å²) in [5.41, 5.74) is -1.27. The number of hydrogen-bond donors (Lipinski definition) is 1. The Morgan fingerprint density at radius 2 is 1.16 bits per heavy atom. The molecule has 8 nitrogen and oxygen atoms in total. The van der Waals surface area contributed by atoms with E-state index in [1.165, 1.54) is 0 Å². The molecular weight excluding hydrogens is 548 g/mol. The summed E-state index contributed by atoms with van der Waals surface area (Å²) in [5, 5.41) is 10.2. The maximum Gasteiger partial charge on any atom is 0.306 e. The predicted molar refractivity (Wildman–Crippen MR) is 167 cm³/mol. The average Bonchev–Trinajstić information content (AvgIpc) is 2.95. The van der Waals surface area contributed by atoms with Crippen LogP contribution in [-0.4, -0.2) is 28.1 Å². The third-order valence-electron chi connectivity index (χ3n) is 6.97. The second-order valence-electron chi connectivity index (χ2n) is 14.0. The van der Waals surface area contributed by atoms with Gasteiger partial charge in [0.05, 0.1) is 17.1 Å². The van der Waals surface area contributed by atoms with Gasteiger partial charge in [-0.15, -0.1) is 0 Å². The summed E-state index contributed by atoms with van der Waals surface area (Å²) in [4.78, 5) is 48.7. The minimum absolute atomic E-state index is 0.00965. The molecule has 2 aromatic rings. The second-order valence-corrected chi connectivity index (χ2v) is 14.0. The van der Waals surface area contributed by atoms with Crippen LogP contribution < -0.4 is 0 Å². The Balaban J connectivity index is 2.50. The van der Waals surface area contributed by atoms with Gasteiger partial charge in [0.15, 0.2) is 0 Å². The molecule has 0 amide bonds. The maximum atomic E-state index is 12.4. The first-order valence-electron chi connectivity index (χ1n) is 15.3. The van der Waals surface area contributed by atoms with Crippen LogP contribution in [0.2, 0.25) is 0 Å². The highest BCUT2D eigenvalue weighted by Gasteiger charge is 2.45. The van der Waals surface area contributed by atoms with E-state index in [1.807, 2.05) is 130 Å². The minimum atomic E-state index is -1.56. The standard InChI is InChI=1S/C35H54O8/c1-11-12-19-27(30(36)37)26-35(42-38-31(2,3)4,43-39-32(5,6)7)25-24-34(10,29-22-17-14-18-23-29)41-40-33(8,9)28-20-15-13-16-21-28/h13-18,20-23,27H,11-12,19,24-26H2,1-10H3,(H,36,37). The molecule has 43 heavy (non-hydrogen) atoms. The molecule has 0 spiro atoms. The number of aliphatic carboxylic acids is 1. The highest BCUT2D eigenvalue weighted by molar-refractivity contribution is 5.70. The van der Waals surface area contributed by atoms with Crippen molar-refractivity contribution in [3.63, 3.8) is 0 Å². The molecule has 0 saturated heterocycles. The highest BCUT2D eigenvalue weighted by atomic mass is 17.3. The Morgan fingerprint density at radius 3 is 1.60 bits per heavy atom. The van der Waals surface area contributed by atoms with E-state index in [2.05, 4.69) is 0 Å². The van der Waals surface area contributed by atoms with E-state index in [-0.39, 0.29) is 12.8 Å². The van der Waals surface area contributed by atoms with Crippen molar-refractivity contribution < 1.29 is 39.2 Å². The molecule has 0 radical (unpaired) electrons. The number of hydrogen-bond acceptors (Lipinski definition) is 7. The molecule has 0 saturated carbocycles. The van der Waals surface area contributed by atoms with Crippen LogP contribution in [0, 0.1) is 5.92 Å². The molecule has 2 unspecified atom stereocenters. The Morgan fingerprint density at radius 1 is 0.674 bits per heavy atom. The molecular formula is C35H54O8. The van der Waals surface area contributed by atoms with E-state index < -0.39 is 40.1 Å². The molecule has 2 atom stereocenters. The van der Waals surface area contributed by atoms with E-state index in [0.29, 0.717) is 12.8 Å². The highest BCUT2D eigenvalue weighted by Crippen LogP contribution is 2.41. The first-order valence-corrected chi connectivity index (χ1v) is 15.3. The minimum Gasteiger partial charge on any atom is -0.481 e. The zero-order valence-corrected chi connectivity index (χ0v) is 27.9. The largest absolute Gasteiger partial charge is 0.481 e. The van der Waals surface area contributed by atoms with Crippen LogP contribution >= 0.6 is 0 Å². The van der Waals surface area contributed by atoms with Crippen molar-refractivity contribution in [3.8, 4) is 0 Å². The van der Waals surface area contributed by atoms with Crippen molar-refractivity contribution in [2.45, 2.75) is 136 Å². The first kappa shape index (κ1) is 36.9.